The highest BCUT2D eigenvalue weighted by atomic mass is 32.1. The molecule has 1 fully saturated rings. The maximum absolute atomic E-state index is 4.56. The predicted molar refractivity (Wildman–Crippen MR) is 91.8 cm³/mol. The number of thiol groups is 2. The molecule has 0 saturated heterocycles. The molecule has 1 aliphatic carbocycles. The molecule has 3 rings (SSSR count). The Hall–Kier alpha value is -1.14. The van der Waals surface area contributed by atoms with Crippen LogP contribution in [0.25, 0.3) is 0 Å². The van der Waals surface area contributed by atoms with Crippen LogP contribution in [0.3, 0.4) is 0 Å². The first kappa shape index (κ1) is 14.8. The first-order chi connectivity index (χ1) is 10.2. The molecule has 0 N–H and O–H groups in total. The second kappa shape index (κ2) is 6.75. The summed E-state index contributed by atoms with van der Waals surface area (Å²) in [4.78, 5) is 19.5. The van der Waals surface area contributed by atoms with Gasteiger partial charge in [-0.25, -0.2) is 15.0 Å². The molecular formula is C15H18N4S2. The van der Waals surface area contributed by atoms with Crippen molar-refractivity contribution in [3.63, 3.8) is 0 Å². The summed E-state index contributed by atoms with van der Waals surface area (Å²) >= 11 is 8.55. The summed E-state index contributed by atoms with van der Waals surface area (Å²) in [5, 5.41) is 0. The fraction of sp³-hybridized carbons (Fsp3) is 0.467. The van der Waals surface area contributed by atoms with Crippen molar-refractivity contribution >= 4 is 37.3 Å². The quantitative estimate of drug-likeness (QED) is 0.822. The van der Waals surface area contributed by atoms with Crippen LogP contribution in [-0.4, -0.2) is 28.6 Å². The van der Waals surface area contributed by atoms with Crippen molar-refractivity contribution in [1.29, 1.82) is 0 Å². The van der Waals surface area contributed by atoms with Gasteiger partial charge in [0, 0.05) is 40.2 Å². The summed E-state index contributed by atoms with van der Waals surface area (Å²) < 4.78 is 0. The highest BCUT2D eigenvalue weighted by Crippen LogP contribution is 2.35. The van der Waals surface area contributed by atoms with Crippen LogP contribution in [0.5, 0.6) is 0 Å². The standard InChI is InChI=1S/C15H18N4S2/c20-12-5-6-16-14(17-7-12)10-1-3-11(4-2-10)15-18-8-13(21)9-19-15/h5,7-11,20-21H,1-4,6H2. The molecule has 110 valence electrons. The highest BCUT2D eigenvalue weighted by Gasteiger charge is 2.27. The van der Waals surface area contributed by atoms with Crippen molar-refractivity contribution in [2.24, 2.45) is 15.9 Å². The van der Waals surface area contributed by atoms with E-state index >= 15 is 0 Å². The number of nitrogens with zero attached hydrogens (tertiary/aromatic N) is 4. The molecule has 2 heterocycles. The fourth-order valence-corrected chi connectivity index (χ4v) is 3.10. The Morgan fingerprint density at radius 1 is 0.952 bits per heavy atom. The number of allylic oxidation sites excluding steroid dienone is 1. The van der Waals surface area contributed by atoms with Gasteiger partial charge < -0.3 is 0 Å². The van der Waals surface area contributed by atoms with Crippen LogP contribution >= 0.6 is 25.3 Å². The summed E-state index contributed by atoms with van der Waals surface area (Å²) in [6.45, 7) is 0.681. The largest absolute Gasteiger partial charge is 0.266 e. The van der Waals surface area contributed by atoms with Crippen molar-refractivity contribution in [3.05, 3.63) is 29.2 Å². The fourth-order valence-electron chi connectivity index (χ4n) is 2.84. The molecule has 0 aromatic carbocycles. The van der Waals surface area contributed by atoms with Crippen LogP contribution < -0.4 is 0 Å². The molecule has 0 bridgehead atoms. The minimum atomic E-state index is 0.448. The zero-order valence-electron chi connectivity index (χ0n) is 11.7. The number of amidine groups is 1. The molecule has 0 unspecified atom stereocenters. The summed E-state index contributed by atoms with van der Waals surface area (Å²) in [7, 11) is 0. The van der Waals surface area contributed by atoms with Gasteiger partial charge in [0.25, 0.3) is 0 Å². The zero-order valence-corrected chi connectivity index (χ0v) is 13.5. The van der Waals surface area contributed by atoms with Gasteiger partial charge >= 0.3 is 0 Å². The first-order valence-electron chi connectivity index (χ1n) is 7.21. The number of hydrogen-bond acceptors (Lipinski definition) is 6. The molecular weight excluding hydrogens is 300 g/mol. The Bertz CT molecular complexity index is 584. The van der Waals surface area contributed by atoms with Crippen LogP contribution in [-0.2, 0) is 0 Å². The van der Waals surface area contributed by atoms with Gasteiger partial charge in [0.05, 0.1) is 6.54 Å². The maximum Gasteiger partial charge on any atom is 0.131 e. The van der Waals surface area contributed by atoms with Gasteiger partial charge in [0.1, 0.15) is 11.7 Å². The van der Waals surface area contributed by atoms with Crippen molar-refractivity contribution in [2.75, 3.05) is 6.54 Å². The van der Waals surface area contributed by atoms with E-state index in [0.29, 0.717) is 18.4 Å². The van der Waals surface area contributed by atoms with E-state index < -0.39 is 0 Å². The van der Waals surface area contributed by atoms with Crippen LogP contribution in [0, 0.1) is 5.92 Å². The monoisotopic (exact) mass is 318 g/mol. The van der Waals surface area contributed by atoms with Crippen LogP contribution in [0.4, 0.5) is 0 Å². The van der Waals surface area contributed by atoms with Crippen molar-refractivity contribution in [3.8, 4) is 0 Å². The van der Waals surface area contributed by atoms with E-state index in [1.54, 1.807) is 18.6 Å². The average Bonchev–Trinajstić information content (AvgIpc) is 2.73. The summed E-state index contributed by atoms with van der Waals surface area (Å²) in [6, 6.07) is 0. The smallest absolute Gasteiger partial charge is 0.131 e. The molecule has 6 heteroatoms. The Morgan fingerprint density at radius 2 is 1.62 bits per heavy atom. The van der Waals surface area contributed by atoms with Gasteiger partial charge in [-0.3, -0.25) is 4.99 Å². The van der Waals surface area contributed by atoms with E-state index in [1.807, 2.05) is 6.08 Å². The first-order valence-corrected chi connectivity index (χ1v) is 8.10. The van der Waals surface area contributed by atoms with E-state index in [4.69, 9.17) is 0 Å². The Kier molecular flexibility index (Phi) is 4.75. The van der Waals surface area contributed by atoms with E-state index in [1.165, 1.54) is 0 Å². The molecule has 21 heavy (non-hydrogen) atoms. The van der Waals surface area contributed by atoms with Crippen molar-refractivity contribution < 1.29 is 0 Å². The summed E-state index contributed by atoms with van der Waals surface area (Å²) in [6.07, 6.45) is 11.7. The average molecular weight is 318 g/mol. The molecule has 0 atom stereocenters. The highest BCUT2D eigenvalue weighted by molar-refractivity contribution is 7.85. The Labute approximate surface area is 135 Å². The van der Waals surface area contributed by atoms with Gasteiger partial charge in [-0.05, 0) is 31.8 Å². The lowest BCUT2D eigenvalue weighted by atomic mass is 9.81. The van der Waals surface area contributed by atoms with Gasteiger partial charge in [-0.1, -0.05) is 0 Å². The Balaban J connectivity index is 1.62. The van der Waals surface area contributed by atoms with Crippen molar-refractivity contribution in [2.45, 2.75) is 36.5 Å². The lowest BCUT2D eigenvalue weighted by Crippen LogP contribution is -2.21. The van der Waals surface area contributed by atoms with Crippen LogP contribution in [0.2, 0.25) is 0 Å². The second-order valence-corrected chi connectivity index (χ2v) is 6.47. The SMILES string of the molecule is SC1=CCN=C(C2CCC(c3ncc(S)cn3)CC2)N=C1. The topological polar surface area (TPSA) is 50.5 Å². The molecule has 1 aromatic rings. The minimum Gasteiger partial charge on any atom is -0.266 e. The molecule has 1 saturated carbocycles. The number of hydrogen-bond donors (Lipinski definition) is 2. The van der Waals surface area contributed by atoms with Crippen LogP contribution in [0.1, 0.15) is 37.4 Å². The third-order valence-electron chi connectivity index (χ3n) is 4.00. The van der Waals surface area contributed by atoms with E-state index in [0.717, 1.165) is 47.1 Å². The van der Waals surface area contributed by atoms with Gasteiger partial charge in [0.2, 0.25) is 0 Å². The molecule has 0 spiro atoms. The third-order valence-corrected chi connectivity index (χ3v) is 4.53. The molecule has 2 aliphatic rings. The predicted octanol–water partition coefficient (Wildman–Crippen LogP) is 3.34. The van der Waals surface area contributed by atoms with E-state index in [-0.39, 0.29) is 0 Å². The van der Waals surface area contributed by atoms with Crippen LogP contribution in [0.15, 0.2) is 38.3 Å². The molecule has 0 amide bonds. The number of aromatic nitrogens is 2. The molecule has 1 aromatic heterocycles. The Morgan fingerprint density at radius 3 is 2.33 bits per heavy atom. The van der Waals surface area contributed by atoms with E-state index in [9.17, 15) is 0 Å². The number of rotatable bonds is 2. The van der Waals surface area contributed by atoms with Crippen molar-refractivity contribution in [1.82, 2.24) is 9.97 Å². The molecule has 4 nitrogen and oxygen atoms in total. The summed E-state index contributed by atoms with van der Waals surface area (Å²) in [5.41, 5.74) is 0. The molecule has 1 aliphatic heterocycles. The maximum atomic E-state index is 4.56. The summed E-state index contributed by atoms with van der Waals surface area (Å²) in [5.74, 6) is 2.82. The zero-order chi connectivity index (χ0) is 14.7. The third kappa shape index (κ3) is 3.74. The second-order valence-electron chi connectivity index (χ2n) is 5.43. The van der Waals surface area contributed by atoms with Gasteiger partial charge in [-0.15, -0.1) is 25.3 Å². The van der Waals surface area contributed by atoms with Gasteiger partial charge in [-0.2, -0.15) is 0 Å². The lowest BCUT2D eigenvalue weighted by Gasteiger charge is -2.27. The number of aliphatic imine (C=N–C) groups is 2. The lowest BCUT2D eigenvalue weighted by molar-refractivity contribution is 0.379. The normalized spacial score (nSPS) is 26.0. The van der Waals surface area contributed by atoms with E-state index in [2.05, 4.69) is 45.2 Å². The van der Waals surface area contributed by atoms with Gasteiger partial charge in [0.15, 0.2) is 0 Å². The minimum absolute atomic E-state index is 0.448. The molecule has 0 radical (unpaired) electrons.